The molecule has 5 nitrogen and oxygen atoms in total. The van der Waals surface area contributed by atoms with E-state index in [1.165, 1.54) is 5.56 Å². The Hall–Kier alpha value is -2.92. The molecule has 0 spiro atoms. The van der Waals surface area contributed by atoms with Crippen LogP contribution in [0.5, 0.6) is 0 Å². The highest BCUT2D eigenvalue weighted by Crippen LogP contribution is 2.37. The lowest BCUT2D eigenvalue weighted by Crippen LogP contribution is -2.29. The quantitative estimate of drug-likeness (QED) is 0.677. The molecule has 5 heteroatoms. The Kier molecular flexibility index (Phi) is 5.03. The van der Waals surface area contributed by atoms with Gasteiger partial charge in [-0.1, -0.05) is 42.5 Å². The lowest BCUT2D eigenvalue weighted by atomic mass is 9.79. The summed E-state index contributed by atoms with van der Waals surface area (Å²) in [6.45, 7) is 0.658. The molecular formula is C22H23N5. The van der Waals surface area contributed by atoms with E-state index in [1.807, 2.05) is 30.7 Å². The third-order valence-electron chi connectivity index (χ3n) is 5.23. The lowest BCUT2D eigenvalue weighted by molar-refractivity contribution is 0.377. The SMILES string of the molecule is NCCC(Cc1ccccc1)CC1(c2ccc3cnccc3c2)C=NN=N1. The van der Waals surface area contributed by atoms with E-state index in [9.17, 15) is 0 Å². The van der Waals surface area contributed by atoms with Crippen LogP contribution in [0.1, 0.15) is 24.0 Å². The Balaban J connectivity index is 1.65. The van der Waals surface area contributed by atoms with Crippen molar-refractivity contribution in [2.45, 2.75) is 24.8 Å². The van der Waals surface area contributed by atoms with Gasteiger partial charge in [-0.3, -0.25) is 4.98 Å². The molecule has 3 aromatic rings. The highest BCUT2D eigenvalue weighted by molar-refractivity contribution is 5.84. The second-order valence-corrected chi connectivity index (χ2v) is 7.13. The fourth-order valence-corrected chi connectivity index (χ4v) is 3.85. The molecule has 2 heterocycles. The van der Waals surface area contributed by atoms with Crippen molar-refractivity contribution in [1.29, 1.82) is 0 Å². The summed E-state index contributed by atoms with van der Waals surface area (Å²) in [5.41, 5.74) is 7.83. The maximum absolute atomic E-state index is 5.92. The maximum atomic E-state index is 5.92. The number of nitrogens with zero attached hydrogens (tertiary/aromatic N) is 4. The molecule has 27 heavy (non-hydrogen) atoms. The fourth-order valence-electron chi connectivity index (χ4n) is 3.85. The first-order valence-electron chi connectivity index (χ1n) is 9.34. The summed E-state index contributed by atoms with van der Waals surface area (Å²) < 4.78 is 0. The van der Waals surface area contributed by atoms with Crippen LogP contribution in [0.2, 0.25) is 0 Å². The first kappa shape index (κ1) is 17.5. The normalized spacial score (nSPS) is 19.6. The zero-order valence-corrected chi connectivity index (χ0v) is 15.2. The summed E-state index contributed by atoms with van der Waals surface area (Å²) in [6.07, 6.45) is 8.32. The van der Waals surface area contributed by atoms with Crippen molar-refractivity contribution in [2.24, 2.45) is 27.1 Å². The van der Waals surface area contributed by atoms with Crippen LogP contribution in [0.15, 0.2) is 82.4 Å². The minimum atomic E-state index is -0.522. The average Bonchev–Trinajstić information content (AvgIpc) is 3.18. The van der Waals surface area contributed by atoms with Crippen molar-refractivity contribution in [3.63, 3.8) is 0 Å². The van der Waals surface area contributed by atoms with Crippen LogP contribution in [0, 0.1) is 5.92 Å². The van der Waals surface area contributed by atoms with Crippen LogP contribution in [0.3, 0.4) is 0 Å². The molecule has 0 saturated heterocycles. The van der Waals surface area contributed by atoms with Gasteiger partial charge in [0.05, 0.1) is 6.21 Å². The number of pyridine rings is 1. The second kappa shape index (κ2) is 7.76. The van der Waals surface area contributed by atoms with E-state index in [2.05, 4.69) is 62.9 Å². The Morgan fingerprint density at radius 3 is 2.67 bits per heavy atom. The largest absolute Gasteiger partial charge is 0.330 e. The first-order chi connectivity index (χ1) is 13.3. The summed E-state index contributed by atoms with van der Waals surface area (Å²) in [7, 11) is 0. The topological polar surface area (TPSA) is 76.0 Å². The van der Waals surface area contributed by atoms with Crippen molar-refractivity contribution < 1.29 is 0 Å². The van der Waals surface area contributed by atoms with Crippen LogP contribution in [0.4, 0.5) is 0 Å². The van der Waals surface area contributed by atoms with Crippen molar-refractivity contribution in [3.8, 4) is 0 Å². The highest BCUT2D eigenvalue weighted by atomic mass is 15.4. The third-order valence-corrected chi connectivity index (χ3v) is 5.23. The molecule has 0 fully saturated rings. The summed E-state index contributed by atoms with van der Waals surface area (Å²) in [5, 5.41) is 14.9. The zero-order chi connectivity index (χ0) is 18.5. The van der Waals surface area contributed by atoms with Gasteiger partial charge in [0.25, 0.3) is 0 Å². The van der Waals surface area contributed by atoms with Crippen LogP contribution >= 0.6 is 0 Å². The monoisotopic (exact) mass is 357 g/mol. The Bertz CT molecular complexity index is 953. The lowest BCUT2D eigenvalue weighted by Gasteiger charge is -2.27. The molecule has 1 aliphatic heterocycles. The summed E-state index contributed by atoms with van der Waals surface area (Å²) in [6, 6.07) is 19.0. The number of hydrogen-bond donors (Lipinski definition) is 1. The number of benzene rings is 2. The predicted molar refractivity (Wildman–Crippen MR) is 109 cm³/mol. The molecule has 1 aliphatic rings. The Labute approximate surface area is 159 Å². The minimum absolute atomic E-state index is 0.397. The van der Waals surface area contributed by atoms with E-state index in [4.69, 9.17) is 5.73 Å². The Morgan fingerprint density at radius 2 is 1.89 bits per heavy atom. The van der Waals surface area contributed by atoms with Gasteiger partial charge in [-0.2, -0.15) is 5.11 Å². The van der Waals surface area contributed by atoms with Crippen molar-refractivity contribution in [1.82, 2.24) is 4.98 Å². The molecule has 0 saturated carbocycles. The van der Waals surface area contributed by atoms with Crippen LogP contribution in [-0.2, 0) is 12.0 Å². The number of aromatic nitrogens is 1. The molecule has 2 unspecified atom stereocenters. The van der Waals surface area contributed by atoms with Gasteiger partial charge in [-0.15, -0.1) is 5.10 Å². The van der Waals surface area contributed by atoms with Gasteiger partial charge >= 0.3 is 0 Å². The van der Waals surface area contributed by atoms with E-state index in [1.54, 1.807) is 0 Å². The van der Waals surface area contributed by atoms with Crippen molar-refractivity contribution >= 4 is 17.0 Å². The summed E-state index contributed by atoms with van der Waals surface area (Å²) in [5.74, 6) is 0.397. The zero-order valence-electron chi connectivity index (χ0n) is 15.2. The Morgan fingerprint density at radius 1 is 1.00 bits per heavy atom. The summed E-state index contributed by atoms with van der Waals surface area (Å²) in [4.78, 5) is 4.19. The van der Waals surface area contributed by atoms with E-state index in [0.29, 0.717) is 12.5 Å². The van der Waals surface area contributed by atoms with Gasteiger partial charge in [0.1, 0.15) is 5.54 Å². The van der Waals surface area contributed by atoms with Gasteiger partial charge < -0.3 is 5.73 Å². The third kappa shape index (κ3) is 3.78. The van der Waals surface area contributed by atoms with E-state index >= 15 is 0 Å². The number of fused-ring (bicyclic) bond motifs is 1. The molecule has 4 rings (SSSR count). The minimum Gasteiger partial charge on any atom is -0.330 e. The molecule has 0 radical (unpaired) electrons. The van der Waals surface area contributed by atoms with Crippen molar-refractivity contribution in [3.05, 3.63) is 78.1 Å². The molecule has 2 atom stereocenters. The molecule has 0 bridgehead atoms. The standard InChI is InChI=1S/C22H23N5/c23-10-8-18(12-17-4-2-1-3-5-17)14-22(16-25-27-26-22)21-7-6-20-15-24-11-9-19(20)13-21/h1-7,9,11,13,15-16,18H,8,10,12,14,23H2. The van der Waals surface area contributed by atoms with Gasteiger partial charge in [0, 0.05) is 17.8 Å². The molecule has 1 aromatic heterocycles. The molecule has 2 N–H and O–H groups in total. The molecule has 0 amide bonds. The van der Waals surface area contributed by atoms with Crippen LogP contribution in [-0.4, -0.2) is 17.7 Å². The van der Waals surface area contributed by atoms with E-state index < -0.39 is 5.54 Å². The summed E-state index contributed by atoms with van der Waals surface area (Å²) >= 11 is 0. The number of hydrogen-bond acceptors (Lipinski definition) is 5. The van der Waals surface area contributed by atoms with Gasteiger partial charge in [0.15, 0.2) is 0 Å². The molecular weight excluding hydrogens is 334 g/mol. The van der Waals surface area contributed by atoms with Crippen LogP contribution in [0.25, 0.3) is 10.8 Å². The second-order valence-electron chi connectivity index (χ2n) is 7.13. The van der Waals surface area contributed by atoms with Crippen LogP contribution < -0.4 is 5.73 Å². The number of rotatable bonds is 7. The van der Waals surface area contributed by atoms with E-state index in [-0.39, 0.29) is 0 Å². The van der Waals surface area contributed by atoms with Crippen molar-refractivity contribution in [2.75, 3.05) is 6.54 Å². The maximum Gasteiger partial charge on any atom is 0.146 e. The molecule has 136 valence electrons. The highest BCUT2D eigenvalue weighted by Gasteiger charge is 2.36. The fraction of sp³-hybridized carbons (Fsp3) is 0.273. The first-order valence-corrected chi connectivity index (χ1v) is 9.34. The molecule has 0 aliphatic carbocycles. The molecule has 2 aromatic carbocycles. The van der Waals surface area contributed by atoms with E-state index in [0.717, 1.165) is 35.6 Å². The average molecular weight is 357 g/mol. The smallest absolute Gasteiger partial charge is 0.146 e. The number of nitrogens with two attached hydrogens (primary N) is 1. The predicted octanol–water partition coefficient (Wildman–Crippen LogP) is 4.48. The van der Waals surface area contributed by atoms with Gasteiger partial charge in [-0.05, 0) is 65.6 Å². The van der Waals surface area contributed by atoms with Gasteiger partial charge in [-0.25, -0.2) is 0 Å². The van der Waals surface area contributed by atoms with Gasteiger partial charge in [0.2, 0.25) is 0 Å².